The number of halogens is 4. The van der Waals surface area contributed by atoms with Crippen LogP contribution in [0.25, 0.3) is 0 Å². The van der Waals surface area contributed by atoms with Crippen LogP contribution in [0, 0.1) is 5.82 Å². The van der Waals surface area contributed by atoms with Crippen LogP contribution in [0.2, 0.25) is 0 Å². The van der Waals surface area contributed by atoms with Crippen LogP contribution in [-0.4, -0.2) is 77.0 Å². The Morgan fingerprint density at radius 1 is 1.05 bits per heavy atom. The summed E-state index contributed by atoms with van der Waals surface area (Å²) in [6.07, 6.45) is -3.26. The van der Waals surface area contributed by atoms with Crippen LogP contribution in [0.5, 0.6) is 0 Å². The van der Waals surface area contributed by atoms with Gasteiger partial charge in [-0.2, -0.15) is 17.7 Å². The van der Waals surface area contributed by atoms with Gasteiger partial charge in [0.05, 0.1) is 19.4 Å². The minimum Gasteiger partial charge on any atom is -0.542 e. The van der Waals surface area contributed by atoms with Crippen LogP contribution < -0.4 is 5.11 Å². The topological polar surface area (TPSA) is 110 Å². The van der Waals surface area contributed by atoms with E-state index in [-0.39, 0.29) is 73.5 Å². The molecule has 1 fully saturated rings. The van der Waals surface area contributed by atoms with Crippen molar-refractivity contribution in [1.82, 2.24) is 9.80 Å². The van der Waals surface area contributed by atoms with Gasteiger partial charge in [-0.15, -0.1) is 0 Å². The molecule has 1 unspecified atom stereocenters. The van der Waals surface area contributed by atoms with Crippen molar-refractivity contribution < 1.29 is 51.2 Å². The average Bonchev–Trinajstić information content (AvgIpc) is 2.92. The molecule has 2 amide bonds. The summed E-state index contributed by atoms with van der Waals surface area (Å²) in [6.45, 7) is 0.658. The van der Waals surface area contributed by atoms with E-state index in [1.807, 2.05) is 30.3 Å². The Hall–Kier alpha value is -4.55. The van der Waals surface area contributed by atoms with Crippen molar-refractivity contribution in [2.75, 3.05) is 20.6 Å². The highest BCUT2D eigenvalue weighted by Crippen LogP contribution is 2.27. The van der Waals surface area contributed by atoms with Gasteiger partial charge in [0.1, 0.15) is 18.4 Å². The molecular formula is C28H27F4N3O6. The Bertz CT molecular complexity index is 1360. The number of rotatable bonds is 7. The fourth-order valence-corrected chi connectivity index (χ4v) is 4.10. The number of aliphatic carboxylic acids is 1. The van der Waals surface area contributed by atoms with Gasteiger partial charge in [-0.25, -0.2) is 4.39 Å². The van der Waals surface area contributed by atoms with Gasteiger partial charge in [0.15, 0.2) is 12.3 Å². The number of ether oxygens (including phenoxy) is 1. The normalized spacial score (nSPS) is 16.8. The number of fused-ring (bicyclic) bond motifs is 1. The fraction of sp³-hybridized carbons (Fsp3) is 0.321. The summed E-state index contributed by atoms with van der Waals surface area (Å²) >= 11 is 0. The highest BCUT2D eigenvalue weighted by Gasteiger charge is 2.48. The lowest BCUT2D eigenvalue weighted by molar-refractivity contribution is -0.520. The second kappa shape index (κ2) is 13.2. The molecule has 9 nitrogen and oxygen atoms in total. The third-order valence-corrected chi connectivity index (χ3v) is 6.17. The minimum absolute atomic E-state index is 0.0162. The molecule has 2 aromatic rings. The number of ketones is 1. The van der Waals surface area contributed by atoms with Gasteiger partial charge < -0.3 is 24.4 Å². The zero-order valence-electron chi connectivity index (χ0n) is 22.2. The first-order chi connectivity index (χ1) is 19.3. The van der Waals surface area contributed by atoms with E-state index in [9.17, 15) is 31.9 Å². The number of nitrogens with zero attached hydrogens (tertiary/aromatic N) is 3. The Morgan fingerprint density at radius 2 is 1.66 bits per heavy atom. The number of benzene rings is 2. The second-order valence-electron chi connectivity index (χ2n) is 9.41. The lowest BCUT2D eigenvalue weighted by Gasteiger charge is -2.33. The molecule has 0 radical (unpaired) electrons. The van der Waals surface area contributed by atoms with Crippen molar-refractivity contribution in [2.45, 2.75) is 38.2 Å². The van der Waals surface area contributed by atoms with Crippen LogP contribution in [-0.2, 0) is 37.1 Å². The van der Waals surface area contributed by atoms with Gasteiger partial charge in [-0.3, -0.25) is 14.4 Å². The molecule has 1 atom stereocenters. The van der Waals surface area contributed by atoms with E-state index in [4.69, 9.17) is 14.6 Å². The van der Waals surface area contributed by atoms with Crippen molar-refractivity contribution in [3.05, 3.63) is 83.0 Å². The van der Waals surface area contributed by atoms with Crippen LogP contribution in [0.1, 0.15) is 24.0 Å². The zero-order chi connectivity index (χ0) is 30.3. The Morgan fingerprint density at radius 3 is 2.22 bits per heavy atom. The summed E-state index contributed by atoms with van der Waals surface area (Å²) in [4.78, 5) is 50.8. The fourth-order valence-electron chi connectivity index (χ4n) is 4.10. The number of carbonyl (C=O) groups excluding carboxylic acids is 4. The third-order valence-electron chi connectivity index (χ3n) is 6.17. The highest BCUT2D eigenvalue weighted by molar-refractivity contribution is 6.09. The van der Waals surface area contributed by atoms with E-state index in [1.54, 1.807) is 41.9 Å². The van der Waals surface area contributed by atoms with Crippen molar-refractivity contribution >= 4 is 29.8 Å². The van der Waals surface area contributed by atoms with E-state index in [0.717, 1.165) is 11.1 Å². The van der Waals surface area contributed by atoms with Crippen molar-refractivity contribution in [1.29, 1.82) is 0 Å². The first kappa shape index (κ1) is 31.0. The monoisotopic (exact) mass is 577 g/mol. The number of alkyl halides is 3. The summed E-state index contributed by atoms with van der Waals surface area (Å²) in [5, 5.41) is 8.78. The van der Waals surface area contributed by atoms with Crippen molar-refractivity contribution in [2.24, 2.45) is 0 Å². The third kappa shape index (κ3) is 8.22. The molecule has 2 aliphatic heterocycles. The molecule has 41 heavy (non-hydrogen) atoms. The van der Waals surface area contributed by atoms with E-state index in [0.29, 0.717) is 0 Å². The molecule has 0 aliphatic carbocycles. The van der Waals surface area contributed by atoms with Gasteiger partial charge in [-0.05, 0) is 23.3 Å². The second-order valence-corrected chi connectivity index (χ2v) is 9.41. The van der Waals surface area contributed by atoms with Gasteiger partial charge in [0, 0.05) is 20.6 Å². The lowest BCUT2D eigenvalue weighted by Crippen LogP contribution is -2.54. The standard InChI is InChI=1S/C26H27FN3O4.C2HF3O2/c1-28(2)23(32)14-21-16-29(15-18-8-10-20(27)11-9-18)26(33)24-25(22(31)12-13-30(21)24)34-17-19-6-4-3-5-7-19;3-2(4,5)1(6)7/h3-11,13,21H,12,14-17H2,1-2H3;(H,6,7)/q+1;/p-1. The summed E-state index contributed by atoms with van der Waals surface area (Å²) in [5.41, 5.74) is 1.77. The van der Waals surface area contributed by atoms with Gasteiger partial charge in [0.2, 0.25) is 17.4 Å². The van der Waals surface area contributed by atoms with Gasteiger partial charge in [-0.1, -0.05) is 42.5 Å². The molecule has 2 heterocycles. The first-order valence-electron chi connectivity index (χ1n) is 12.4. The highest BCUT2D eigenvalue weighted by atomic mass is 19.4. The Balaban J connectivity index is 0.000000587. The molecule has 2 aromatic carbocycles. The van der Waals surface area contributed by atoms with Gasteiger partial charge >= 0.3 is 17.8 Å². The molecule has 0 spiro atoms. The van der Waals surface area contributed by atoms with Crippen LogP contribution in [0.3, 0.4) is 0 Å². The molecule has 0 N–H and O–H groups in total. The number of carboxylic acid groups (broad SMARTS) is 1. The number of hydrogen-bond donors (Lipinski definition) is 0. The number of Topliss-reactive ketones (excluding diaryl/α,β-unsaturated/α-hetero) is 1. The molecule has 218 valence electrons. The quantitative estimate of drug-likeness (QED) is 0.367. The number of piperazine rings is 1. The maximum atomic E-state index is 13.6. The Labute approximate surface area is 232 Å². The Kier molecular flexibility index (Phi) is 9.98. The molecule has 0 saturated carbocycles. The van der Waals surface area contributed by atoms with Crippen LogP contribution in [0.15, 0.2) is 66.1 Å². The van der Waals surface area contributed by atoms with Crippen LogP contribution >= 0.6 is 0 Å². The molecule has 13 heteroatoms. The maximum absolute atomic E-state index is 13.6. The first-order valence-corrected chi connectivity index (χ1v) is 12.4. The van der Waals surface area contributed by atoms with Crippen LogP contribution in [0.4, 0.5) is 17.6 Å². The van der Waals surface area contributed by atoms with E-state index >= 15 is 0 Å². The maximum Gasteiger partial charge on any atom is 0.430 e. The average molecular weight is 578 g/mol. The van der Waals surface area contributed by atoms with E-state index in [2.05, 4.69) is 0 Å². The predicted octanol–water partition coefficient (Wildman–Crippen LogP) is 1.80. The smallest absolute Gasteiger partial charge is 0.430 e. The molecular weight excluding hydrogens is 550 g/mol. The molecule has 4 rings (SSSR count). The predicted molar refractivity (Wildman–Crippen MR) is 134 cm³/mol. The summed E-state index contributed by atoms with van der Waals surface area (Å²) in [5.74, 6) is -4.07. The number of allylic oxidation sites excluding steroid dienone is 1. The summed E-state index contributed by atoms with van der Waals surface area (Å²) < 4.78 is 52.6. The number of hydrogen-bond acceptors (Lipinski definition) is 6. The number of carboxylic acids is 1. The van der Waals surface area contributed by atoms with Crippen molar-refractivity contribution in [3.63, 3.8) is 0 Å². The summed E-state index contributed by atoms with van der Waals surface area (Å²) in [6, 6.07) is 15.0. The molecule has 1 saturated heterocycles. The van der Waals surface area contributed by atoms with Crippen molar-refractivity contribution in [3.8, 4) is 0 Å². The van der Waals surface area contributed by atoms with Gasteiger partial charge in [0.25, 0.3) is 0 Å². The van der Waals surface area contributed by atoms with E-state index in [1.165, 1.54) is 17.0 Å². The SMILES string of the molecule is CN(C)C(=O)CC1CN(Cc2ccc(F)cc2)C(=O)C2=C(OCc3ccccc3)C(=O)CC=[N+]21.O=C([O-])C(F)(F)F. The number of carbonyl (C=O) groups is 4. The zero-order valence-corrected chi connectivity index (χ0v) is 22.2. The molecule has 0 bridgehead atoms. The largest absolute Gasteiger partial charge is 0.542 e. The minimum atomic E-state index is -5.19. The number of amides is 2. The lowest BCUT2D eigenvalue weighted by atomic mass is 10.0. The molecule has 2 aliphatic rings. The molecule has 0 aromatic heterocycles. The van der Waals surface area contributed by atoms with E-state index < -0.39 is 12.1 Å². The summed E-state index contributed by atoms with van der Waals surface area (Å²) in [7, 11) is 3.36.